The first-order chi connectivity index (χ1) is 16.6. The second-order valence-electron chi connectivity index (χ2n) is 8.82. The third kappa shape index (κ3) is 4.59. The minimum Gasteiger partial charge on any atom is -0.272 e. The van der Waals surface area contributed by atoms with Gasteiger partial charge in [-0.25, -0.2) is 5.01 Å². The largest absolute Gasteiger partial charge is 0.275 e. The molecule has 1 heterocycles. The Morgan fingerprint density at radius 2 is 1.69 bits per heavy atom. The van der Waals surface area contributed by atoms with Gasteiger partial charge in [-0.15, -0.1) is 0 Å². The summed E-state index contributed by atoms with van der Waals surface area (Å²) in [6.07, 6.45) is 1.78. The van der Waals surface area contributed by atoms with E-state index < -0.39 is 45.9 Å². The van der Waals surface area contributed by atoms with Crippen molar-refractivity contribution in [3.05, 3.63) is 78.8 Å². The lowest BCUT2D eigenvalue weighted by atomic mass is 9.76. The molecule has 1 aliphatic heterocycles. The molecule has 3 amide bonds. The minimum atomic E-state index is -0.794. The third-order valence-electron chi connectivity index (χ3n) is 6.53. The lowest BCUT2D eigenvalue weighted by molar-refractivity contribution is -0.385. The Balaban J connectivity index is 1.76. The summed E-state index contributed by atoms with van der Waals surface area (Å²) < 4.78 is 0. The van der Waals surface area contributed by atoms with Gasteiger partial charge in [0.2, 0.25) is 0 Å². The maximum atomic E-state index is 13.5. The van der Waals surface area contributed by atoms with Crippen LogP contribution in [0.2, 0.25) is 5.02 Å². The van der Waals surface area contributed by atoms with Crippen LogP contribution in [0.5, 0.6) is 0 Å². The van der Waals surface area contributed by atoms with E-state index in [2.05, 4.69) is 0 Å². The number of fused-ring (bicyclic) bond motifs is 1. The number of carbonyl (C=O) groups is 3. The van der Waals surface area contributed by atoms with Gasteiger partial charge in [0.05, 0.1) is 33.8 Å². The van der Waals surface area contributed by atoms with Crippen molar-refractivity contribution in [2.24, 2.45) is 17.8 Å². The van der Waals surface area contributed by atoms with Crippen LogP contribution in [0.3, 0.4) is 0 Å². The van der Waals surface area contributed by atoms with Gasteiger partial charge in [-0.05, 0) is 49.4 Å². The van der Waals surface area contributed by atoms with Crippen LogP contribution in [0.4, 0.5) is 11.4 Å². The third-order valence-corrected chi connectivity index (χ3v) is 6.76. The molecule has 12 heteroatoms. The maximum Gasteiger partial charge on any atom is 0.275 e. The molecule has 0 aromatic heterocycles. The van der Waals surface area contributed by atoms with E-state index in [-0.39, 0.29) is 33.4 Å². The molecular formula is C23H21ClN4O7. The molecule has 2 fully saturated rings. The summed E-state index contributed by atoms with van der Waals surface area (Å²) in [6.45, 7) is 1.54. The summed E-state index contributed by atoms with van der Waals surface area (Å²) in [4.78, 5) is 61.5. The molecule has 4 rings (SSSR count). The van der Waals surface area contributed by atoms with Crippen LogP contribution in [0.25, 0.3) is 0 Å². The summed E-state index contributed by atoms with van der Waals surface area (Å²) in [5.41, 5.74) is -0.562. The molecule has 0 N–H and O–H groups in total. The van der Waals surface area contributed by atoms with Gasteiger partial charge in [0, 0.05) is 28.8 Å². The zero-order valence-corrected chi connectivity index (χ0v) is 19.4. The first kappa shape index (κ1) is 24.3. The van der Waals surface area contributed by atoms with Gasteiger partial charge in [0.1, 0.15) is 0 Å². The zero-order valence-electron chi connectivity index (χ0n) is 18.6. The van der Waals surface area contributed by atoms with Gasteiger partial charge < -0.3 is 0 Å². The Morgan fingerprint density at radius 1 is 1.03 bits per heavy atom. The van der Waals surface area contributed by atoms with Gasteiger partial charge in [-0.1, -0.05) is 18.5 Å². The normalized spacial score (nSPS) is 21.5. The molecule has 0 bridgehead atoms. The number of carbonyl (C=O) groups excluding carboxylic acids is 3. The quantitative estimate of drug-likeness (QED) is 0.329. The molecule has 2 aromatic rings. The highest BCUT2D eigenvalue weighted by Gasteiger charge is 2.52. The fourth-order valence-corrected chi connectivity index (χ4v) is 4.89. The number of halogens is 1. The molecule has 11 nitrogen and oxygen atoms in total. The Morgan fingerprint density at radius 3 is 2.31 bits per heavy atom. The van der Waals surface area contributed by atoms with Crippen molar-refractivity contribution in [3.63, 3.8) is 0 Å². The van der Waals surface area contributed by atoms with Gasteiger partial charge in [0.15, 0.2) is 0 Å². The Bertz CT molecular complexity index is 1230. The number of non-ortho nitro benzene ring substituents is 1. The van der Waals surface area contributed by atoms with Crippen LogP contribution in [-0.4, -0.2) is 37.6 Å². The van der Waals surface area contributed by atoms with Crippen LogP contribution in [-0.2, 0) is 16.1 Å². The number of amides is 3. The average molecular weight is 501 g/mol. The molecule has 1 saturated heterocycles. The summed E-state index contributed by atoms with van der Waals surface area (Å²) >= 11 is 5.91. The fourth-order valence-electron chi connectivity index (χ4n) is 4.72. The maximum absolute atomic E-state index is 13.5. The number of nitro groups is 2. The predicted molar refractivity (Wildman–Crippen MR) is 123 cm³/mol. The topological polar surface area (TPSA) is 144 Å². The van der Waals surface area contributed by atoms with Crippen LogP contribution in [0, 0.1) is 38.0 Å². The van der Waals surface area contributed by atoms with Gasteiger partial charge >= 0.3 is 0 Å². The first-order valence-corrected chi connectivity index (χ1v) is 11.3. The molecular weight excluding hydrogens is 480 g/mol. The molecule has 1 saturated carbocycles. The Kier molecular flexibility index (Phi) is 6.53. The van der Waals surface area contributed by atoms with Crippen molar-refractivity contribution in [1.29, 1.82) is 0 Å². The van der Waals surface area contributed by atoms with Crippen molar-refractivity contribution in [2.75, 3.05) is 0 Å². The Hall–Kier alpha value is -3.86. The summed E-state index contributed by atoms with van der Waals surface area (Å²) in [5, 5.41) is 24.4. The number of nitro benzene ring substituents is 2. The molecule has 1 aliphatic carbocycles. The van der Waals surface area contributed by atoms with E-state index in [9.17, 15) is 34.6 Å². The van der Waals surface area contributed by atoms with E-state index in [1.165, 1.54) is 24.3 Å². The van der Waals surface area contributed by atoms with Gasteiger partial charge in [0.25, 0.3) is 29.1 Å². The molecule has 0 unspecified atom stereocenters. The van der Waals surface area contributed by atoms with Crippen molar-refractivity contribution in [2.45, 2.75) is 32.7 Å². The number of benzene rings is 2. The number of imide groups is 1. The molecule has 0 radical (unpaired) electrons. The standard InChI is InChI=1S/C23H21ClN4O7/c1-13-2-9-18-19(10-13)23(31)26(22(18)30)25(12-15-3-6-16(24)11-20(15)28(34)35)21(29)14-4-7-17(8-5-14)27(32)33/h3-8,11,13,18-19H,2,9-10,12H2,1H3/t13-,18-,19+/m1/s1. The summed E-state index contributed by atoms with van der Waals surface area (Å²) in [6, 6.07) is 8.58. The number of hydrogen-bond donors (Lipinski definition) is 0. The molecule has 2 aliphatic rings. The second kappa shape index (κ2) is 9.41. The lowest BCUT2D eigenvalue weighted by Gasteiger charge is -2.30. The number of hydrogen-bond acceptors (Lipinski definition) is 7. The van der Waals surface area contributed by atoms with E-state index >= 15 is 0 Å². The van der Waals surface area contributed by atoms with E-state index in [0.717, 1.165) is 34.6 Å². The second-order valence-corrected chi connectivity index (χ2v) is 9.25. The van der Waals surface area contributed by atoms with Gasteiger partial charge in [-0.3, -0.25) is 34.6 Å². The fraction of sp³-hybridized carbons (Fsp3) is 0.348. The van der Waals surface area contributed by atoms with Crippen LogP contribution >= 0.6 is 11.6 Å². The average Bonchev–Trinajstić information content (AvgIpc) is 3.07. The predicted octanol–water partition coefficient (Wildman–Crippen LogP) is 4.14. The van der Waals surface area contributed by atoms with Crippen LogP contribution in [0.1, 0.15) is 42.1 Å². The molecule has 0 spiro atoms. The van der Waals surface area contributed by atoms with Gasteiger partial charge in [-0.2, -0.15) is 5.01 Å². The minimum absolute atomic E-state index is 0.0175. The number of nitrogens with zero attached hydrogens (tertiary/aromatic N) is 4. The highest BCUT2D eigenvalue weighted by Crippen LogP contribution is 2.41. The summed E-state index contributed by atoms with van der Waals surface area (Å²) in [7, 11) is 0. The van der Waals surface area contributed by atoms with Crippen molar-refractivity contribution in [3.8, 4) is 0 Å². The highest BCUT2D eigenvalue weighted by atomic mass is 35.5. The zero-order chi connectivity index (χ0) is 25.4. The number of hydrazine groups is 1. The monoisotopic (exact) mass is 500 g/mol. The molecule has 2 aromatic carbocycles. The first-order valence-electron chi connectivity index (χ1n) is 10.9. The Labute approximate surface area is 204 Å². The van der Waals surface area contributed by atoms with Crippen LogP contribution < -0.4 is 0 Å². The molecule has 3 atom stereocenters. The van der Waals surface area contributed by atoms with Crippen molar-refractivity contribution >= 4 is 40.7 Å². The van der Waals surface area contributed by atoms with E-state index in [1.54, 1.807) is 0 Å². The lowest BCUT2D eigenvalue weighted by Crippen LogP contribution is -2.49. The summed E-state index contributed by atoms with van der Waals surface area (Å²) in [5.74, 6) is -2.75. The van der Waals surface area contributed by atoms with E-state index in [0.29, 0.717) is 12.8 Å². The number of rotatable bonds is 6. The SMILES string of the molecule is C[C@@H]1CC[C@H]2C(=O)N(N(Cc3ccc(Cl)cc3[N+](=O)[O-])C(=O)c3ccc([N+](=O)[O-])cc3)C(=O)[C@H]2C1. The van der Waals surface area contributed by atoms with Crippen LogP contribution in [0.15, 0.2) is 42.5 Å². The van der Waals surface area contributed by atoms with Crippen molar-refractivity contribution in [1.82, 2.24) is 10.0 Å². The molecule has 182 valence electrons. The van der Waals surface area contributed by atoms with E-state index in [4.69, 9.17) is 11.6 Å². The van der Waals surface area contributed by atoms with E-state index in [1.807, 2.05) is 6.92 Å². The smallest absolute Gasteiger partial charge is 0.272 e. The molecule has 35 heavy (non-hydrogen) atoms. The van der Waals surface area contributed by atoms with Crippen molar-refractivity contribution < 1.29 is 24.2 Å². The highest BCUT2D eigenvalue weighted by molar-refractivity contribution is 6.30.